The highest BCUT2D eigenvalue weighted by Crippen LogP contribution is 2.34. The summed E-state index contributed by atoms with van der Waals surface area (Å²) in [5, 5.41) is 2.08. The van der Waals surface area contributed by atoms with E-state index in [1.807, 2.05) is 18.2 Å². The van der Waals surface area contributed by atoms with Gasteiger partial charge in [-0.05, 0) is 98.5 Å². The summed E-state index contributed by atoms with van der Waals surface area (Å²) in [6.07, 6.45) is 3.80. The maximum atomic E-state index is 14.0. The molecular weight excluding hydrogens is 647 g/mol. The molecule has 0 bridgehead atoms. The van der Waals surface area contributed by atoms with Crippen molar-refractivity contribution in [2.24, 2.45) is 5.92 Å². The molecule has 3 aromatic carbocycles. The minimum atomic E-state index is -4.12. The van der Waals surface area contributed by atoms with Gasteiger partial charge in [0.1, 0.15) is 11.5 Å². The fourth-order valence-electron chi connectivity index (χ4n) is 5.98. The van der Waals surface area contributed by atoms with Gasteiger partial charge in [0, 0.05) is 42.3 Å². The zero-order valence-corrected chi connectivity index (χ0v) is 29.1. The van der Waals surface area contributed by atoms with Gasteiger partial charge in [-0.25, -0.2) is 13.1 Å². The fourth-order valence-corrected chi connectivity index (χ4v) is 7.81. The Morgan fingerprint density at radius 3 is 2.38 bits per heavy atom. The summed E-state index contributed by atoms with van der Waals surface area (Å²) in [4.78, 5) is 32.5. The van der Waals surface area contributed by atoms with E-state index in [0.717, 1.165) is 43.5 Å². The Morgan fingerprint density at radius 2 is 1.71 bits per heavy atom. The summed E-state index contributed by atoms with van der Waals surface area (Å²) in [5.41, 5.74) is 1.71. The molecule has 2 fully saturated rings. The molecule has 1 unspecified atom stereocenters. The molecule has 1 aromatic heterocycles. The number of nitrogens with zero attached hydrogens (tertiary/aromatic N) is 2. The Morgan fingerprint density at radius 1 is 0.958 bits per heavy atom. The fraction of sp³-hybridized carbons (Fsp3) is 0.351. The number of benzene rings is 3. The van der Waals surface area contributed by atoms with Crippen LogP contribution >= 0.6 is 11.3 Å². The monoisotopic (exact) mass is 687 g/mol. The number of hydrogen-bond acceptors (Lipinski definition) is 8. The number of piperidine rings is 1. The molecule has 1 saturated carbocycles. The van der Waals surface area contributed by atoms with Crippen molar-refractivity contribution in [1.29, 1.82) is 0 Å². The van der Waals surface area contributed by atoms with Gasteiger partial charge in [-0.2, -0.15) is 0 Å². The summed E-state index contributed by atoms with van der Waals surface area (Å²) in [6.45, 7) is 5.05. The second-order valence-corrected chi connectivity index (χ2v) is 15.5. The number of anilines is 1. The van der Waals surface area contributed by atoms with Crippen LogP contribution in [0.1, 0.15) is 45.1 Å². The summed E-state index contributed by atoms with van der Waals surface area (Å²) in [7, 11) is -2.63. The first-order valence-electron chi connectivity index (χ1n) is 16.2. The Hall–Kier alpha value is -4.35. The van der Waals surface area contributed by atoms with Gasteiger partial charge in [0.25, 0.3) is 15.9 Å². The van der Waals surface area contributed by atoms with Crippen LogP contribution in [-0.4, -0.2) is 57.0 Å². The van der Waals surface area contributed by atoms with Gasteiger partial charge in [-0.15, -0.1) is 11.3 Å². The van der Waals surface area contributed by atoms with Crippen molar-refractivity contribution < 1.29 is 27.5 Å². The molecule has 252 valence electrons. The lowest BCUT2D eigenvalue weighted by molar-refractivity contribution is -0.137. The Labute approximate surface area is 286 Å². The first-order chi connectivity index (χ1) is 23.0. The minimum Gasteiger partial charge on any atom is -0.497 e. The topological polar surface area (TPSA) is 105 Å². The second kappa shape index (κ2) is 14.0. The molecule has 1 saturated heterocycles. The third-order valence-corrected chi connectivity index (χ3v) is 11.1. The number of rotatable bonds is 12. The third-order valence-electron chi connectivity index (χ3n) is 8.85. The van der Waals surface area contributed by atoms with Gasteiger partial charge in [-0.3, -0.25) is 9.59 Å². The Balaban J connectivity index is 1.09. The maximum absolute atomic E-state index is 14.0. The Kier molecular flexibility index (Phi) is 9.80. The average Bonchev–Trinajstić information content (AvgIpc) is 3.79. The summed E-state index contributed by atoms with van der Waals surface area (Å²) in [5.74, 6) is 0.207. The summed E-state index contributed by atoms with van der Waals surface area (Å²) in [6, 6.07) is 26.2. The molecule has 0 spiro atoms. The van der Waals surface area contributed by atoms with Crippen molar-refractivity contribution in [2.45, 2.75) is 62.6 Å². The van der Waals surface area contributed by atoms with E-state index in [0.29, 0.717) is 30.6 Å². The van der Waals surface area contributed by atoms with Crippen LogP contribution in [0, 0.1) is 5.92 Å². The predicted octanol–water partition coefficient (Wildman–Crippen LogP) is 6.49. The van der Waals surface area contributed by atoms with E-state index in [9.17, 15) is 18.0 Å². The van der Waals surface area contributed by atoms with Crippen LogP contribution in [-0.2, 0) is 26.2 Å². The zero-order valence-electron chi connectivity index (χ0n) is 27.4. The van der Waals surface area contributed by atoms with Gasteiger partial charge in [0.15, 0.2) is 5.60 Å². The number of thiophene rings is 1. The van der Waals surface area contributed by atoms with Crippen molar-refractivity contribution in [1.82, 2.24) is 9.62 Å². The number of ether oxygens (including phenoxy) is 2. The highest BCUT2D eigenvalue weighted by molar-refractivity contribution is 7.90. The third kappa shape index (κ3) is 7.85. The molecule has 11 heteroatoms. The number of carbonyl (C=O) groups is 2. The molecular formula is C37H41N3O6S2. The SMILES string of the molecule is COc1ccc(S(=O)(=O)NC(=O)C(C)(C)Oc2cccc(N3CCCC(C(=O)N(Cc4ccc(-c5cccs5)cc4)C4CC4)C3)c2)cc1. The second-order valence-electron chi connectivity index (χ2n) is 12.9. The van der Waals surface area contributed by atoms with Crippen molar-refractivity contribution in [3.05, 3.63) is 95.9 Å². The molecule has 1 aliphatic carbocycles. The van der Waals surface area contributed by atoms with Crippen LogP contribution in [0.2, 0.25) is 0 Å². The van der Waals surface area contributed by atoms with Gasteiger partial charge < -0.3 is 19.3 Å². The van der Waals surface area contributed by atoms with Crippen LogP contribution in [0.5, 0.6) is 11.5 Å². The smallest absolute Gasteiger partial charge is 0.277 e. The number of amides is 2. The van der Waals surface area contributed by atoms with E-state index in [1.165, 1.54) is 55.7 Å². The molecule has 6 rings (SSSR count). The first kappa shape index (κ1) is 33.5. The van der Waals surface area contributed by atoms with E-state index >= 15 is 0 Å². The van der Waals surface area contributed by atoms with Gasteiger partial charge in [0.2, 0.25) is 5.91 Å². The minimum absolute atomic E-state index is 0.0593. The average molecular weight is 688 g/mol. The zero-order chi connectivity index (χ0) is 33.9. The molecule has 2 aliphatic rings. The van der Waals surface area contributed by atoms with E-state index < -0.39 is 21.5 Å². The maximum Gasteiger partial charge on any atom is 0.277 e. The molecule has 0 radical (unpaired) electrons. The lowest BCUT2D eigenvalue weighted by atomic mass is 9.95. The van der Waals surface area contributed by atoms with Gasteiger partial charge in [-0.1, -0.05) is 36.4 Å². The molecule has 48 heavy (non-hydrogen) atoms. The van der Waals surface area contributed by atoms with E-state index in [2.05, 4.69) is 56.3 Å². The van der Waals surface area contributed by atoms with Gasteiger partial charge >= 0.3 is 0 Å². The van der Waals surface area contributed by atoms with E-state index in [1.54, 1.807) is 17.4 Å². The van der Waals surface area contributed by atoms with Crippen LogP contribution in [0.25, 0.3) is 10.4 Å². The quantitative estimate of drug-likeness (QED) is 0.182. The lowest BCUT2D eigenvalue weighted by Gasteiger charge is -2.36. The van der Waals surface area contributed by atoms with Crippen molar-refractivity contribution in [3.63, 3.8) is 0 Å². The van der Waals surface area contributed by atoms with Crippen LogP contribution < -0.4 is 19.1 Å². The van der Waals surface area contributed by atoms with Crippen LogP contribution in [0.3, 0.4) is 0 Å². The van der Waals surface area contributed by atoms with E-state index in [-0.39, 0.29) is 16.7 Å². The normalized spacial score (nSPS) is 16.6. The van der Waals surface area contributed by atoms with Crippen molar-refractivity contribution in [2.75, 3.05) is 25.1 Å². The summed E-state index contributed by atoms with van der Waals surface area (Å²) < 4.78 is 39.0. The molecule has 2 heterocycles. The molecule has 4 aromatic rings. The van der Waals surface area contributed by atoms with Crippen LogP contribution in [0.4, 0.5) is 5.69 Å². The van der Waals surface area contributed by atoms with Crippen molar-refractivity contribution >= 4 is 38.9 Å². The highest BCUT2D eigenvalue weighted by atomic mass is 32.2. The molecule has 1 N–H and O–H groups in total. The number of sulfonamides is 1. The number of nitrogens with one attached hydrogen (secondary N) is 1. The highest BCUT2D eigenvalue weighted by Gasteiger charge is 2.38. The number of hydrogen-bond donors (Lipinski definition) is 1. The Bertz CT molecular complexity index is 1840. The van der Waals surface area contributed by atoms with Crippen molar-refractivity contribution in [3.8, 4) is 21.9 Å². The predicted molar refractivity (Wildman–Crippen MR) is 188 cm³/mol. The molecule has 1 aliphatic heterocycles. The lowest BCUT2D eigenvalue weighted by Crippen LogP contribution is -2.48. The standard InChI is InChI=1S/C37H41N3O6S2/c1-37(2,36(42)38-48(43,44)33-19-17-31(45-3)18-20-33)46-32-9-4-8-30(23-32)39-21-5-7-28(25-39)35(41)40(29-15-16-29)24-26-11-13-27(14-12-26)34-10-6-22-47-34/h4,6,8-14,17-20,22-23,28-29H,5,7,15-16,21,24-25H2,1-3H3,(H,38,42). The van der Waals surface area contributed by atoms with E-state index in [4.69, 9.17) is 9.47 Å². The summed E-state index contributed by atoms with van der Waals surface area (Å²) >= 11 is 1.72. The molecule has 9 nitrogen and oxygen atoms in total. The molecule has 1 atom stereocenters. The van der Waals surface area contributed by atoms with Crippen LogP contribution in [0.15, 0.2) is 95.2 Å². The number of carbonyl (C=O) groups excluding carboxylic acids is 2. The molecule has 2 amide bonds. The van der Waals surface area contributed by atoms with Gasteiger partial charge in [0.05, 0.1) is 17.9 Å². The largest absolute Gasteiger partial charge is 0.497 e. The number of methoxy groups -OCH3 is 1. The first-order valence-corrected chi connectivity index (χ1v) is 18.6.